The largest absolute Gasteiger partial charge is 0.368 e. The Balaban J connectivity index is 2.07. The van der Waals surface area contributed by atoms with Gasteiger partial charge < -0.3 is 15.4 Å². The second kappa shape index (κ2) is 4.77. The summed E-state index contributed by atoms with van der Waals surface area (Å²) in [6.07, 6.45) is 4.03. The Morgan fingerprint density at radius 1 is 1.17 bits per heavy atom. The number of hydrogen-bond donors (Lipinski definition) is 1. The van der Waals surface area contributed by atoms with Crippen molar-refractivity contribution >= 4 is 0 Å². The molecule has 2 heterocycles. The maximum Gasteiger partial charge on any atom is 0.0788 e. The minimum atomic E-state index is -0.201. The smallest absolute Gasteiger partial charge is 0.0788 e. The topological polar surface area (TPSA) is 38.5 Å². The summed E-state index contributed by atoms with van der Waals surface area (Å²) >= 11 is 0. The molecular weight excluding hydrogens is 224 g/mol. The van der Waals surface area contributed by atoms with Gasteiger partial charge in [0.2, 0.25) is 0 Å². The molecule has 0 saturated carbocycles. The Bertz CT molecular complexity index is 301. The predicted molar refractivity (Wildman–Crippen MR) is 75.6 cm³/mol. The van der Waals surface area contributed by atoms with E-state index in [1.165, 1.54) is 25.8 Å². The minimum Gasteiger partial charge on any atom is -0.368 e. The molecule has 3 heteroatoms. The molecule has 2 saturated heterocycles. The number of piperidine rings is 1. The van der Waals surface area contributed by atoms with Gasteiger partial charge in [-0.3, -0.25) is 0 Å². The molecule has 3 nitrogen and oxygen atoms in total. The van der Waals surface area contributed by atoms with Gasteiger partial charge in [-0.05, 0) is 54.0 Å². The second-order valence-electron chi connectivity index (χ2n) is 7.28. The first-order chi connectivity index (χ1) is 8.24. The van der Waals surface area contributed by atoms with E-state index in [1.54, 1.807) is 0 Å². The van der Waals surface area contributed by atoms with Crippen LogP contribution in [0.2, 0.25) is 0 Å². The van der Waals surface area contributed by atoms with Crippen LogP contribution in [0, 0.1) is 5.92 Å². The predicted octanol–water partition coefficient (Wildman–Crippen LogP) is 2.39. The molecule has 0 radical (unpaired) electrons. The molecule has 2 N–H and O–H groups in total. The molecule has 0 aromatic rings. The molecule has 18 heavy (non-hydrogen) atoms. The Kier molecular flexibility index (Phi) is 3.79. The van der Waals surface area contributed by atoms with Crippen molar-refractivity contribution < 1.29 is 4.74 Å². The van der Waals surface area contributed by atoms with Crippen molar-refractivity contribution in [2.24, 2.45) is 11.7 Å². The van der Waals surface area contributed by atoms with Gasteiger partial charge in [-0.1, -0.05) is 6.42 Å². The summed E-state index contributed by atoms with van der Waals surface area (Å²) < 4.78 is 6.19. The van der Waals surface area contributed by atoms with Crippen LogP contribution in [-0.2, 0) is 4.74 Å². The molecule has 106 valence electrons. The summed E-state index contributed by atoms with van der Waals surface area (Å²) in [5.41, 5.74) is 6.13. The van der Waals surface area contributed by atoms with E-state index < -0.39 is 0 Å². The lowest BCUT2D eigenvalue weighted by Crippen LogP contribution is -2.50. The first-order valence-electron chi connectivity index (χ1n) is 7.44. The highest BCUT2D eigenvalue weighted by Gasteiger charge is 2.52. The highest BCUT2D eigenvalue weighted by atomic mass is 16.5. The van der Waals surface area contributed by atoms with E-state index in [0.29, 0.717) is 12.0 Å². The SMILES string of the molecule is CC1CCCCN1CC1C(N)C(C)(C)OC1(C)C. The molecule has 0 aromatic carbocycles. The van der Waals surface area contributed by atoms with Crippen LogP contribution in [0.3, 0.4) is 0 Å². The van der Waals surface area contributed by atoms with E-state index in [2.05, 4.69) is 39.5 Å². The average molecular weight is 254 g/mol. The van der Waals surface area contributed by atoms with Crippen LogP contribution >= 0.6 is 0 Å². The maximum absolute atomic E-state index is 6.44. The van der Waals surface area contributed by atoms with E-state index in [-0.39, 0.29) is 17.2 Å². The average Bonchev–Trinajstić information content (AvgIpc) is 2.39. The van der Waals surface area contributed by atoms with E-state index in [1.807, 2.05) is 0 Å². The van der Waals surface area contributed by atoms with Gasteiger partial charge in [0.1, 0.15) is 0 Å². The van der Waals surface area contributed by atoms with Crippen LogP contribution in [0.5, 0.6) is 0 Å². The molecule has 0 aliphatic carbocycles. The summed E-state index contributed by atoms with van der Waals surface area (Å²) in [6.45, 7) is 13.3. The van der Waals surface area contributed by atoms with Gasteiger partial charge >= 0.3 is 0 Å². The summed E-state index contributed by atoms with van der Waals surface area (Å²) in [5, 5.41) is 0. The van der Waals surface area contributed by atoms with Gasteiger partial charge in [-0.25, -0.2) is 0 Å². The Morgan fingerprint density at radius 2 is 1.83 bits per heavy atom. The molecule has 3 atom stereocenters. The fraction of sp³-hybridized carbons (Fsp3) is 1.00. The molecule has 0 spiro atoms. The number of nitrogens with zero attached hydrogens (tertiary/aromatic N) is 1. The number of nitrogens with two attached hydrogens (primary N) is 1. The molecule has 0 amide bonds. The van der Waals surface area contributed by atoms with Gasteiger partial charge in [0, 0.05) is 24.5 Å². The molecular formula is C15H30N2O. The van der Waals surface area contributed by atoms with Crippen molar-refractivity contribution in [1.29, 1.82) is 0 Å². The summed E-state index contributed by atoms with van der Waals surface area (Å²) in [7, 11) is 0. The monoisotopic (exact) mass is 254 g/mol. The van der Waals surface area contributed by atoms with Crippen LogP contribution in [0.25, 0.3) is 0 Å². The Hall–Kier alpha value is -0.120. The third-order valence-electron chi connectivity index (χ3n) is 5.03. The number of likely N-dealkylation sites (tertiary alicyclic amines) is 1. The minimum absolute atomic E-state index is 0.111. The molecule has 2 rings (SSSR count). The van der Waals surface area contributed by atoms with Crippen molar-refractivity contribution in [2.75, 3.05) is 13.1 Å². The zero-order valence-electron chi connectivity index (χ0n) is 12.7. The fourth-order valence-electron chi connectivity index (χ4n) is 3.75. The summed E-state index contributed by atoms with van der Waals surface area (Å²) in [5.74, 6) is 0.424. The van der Waals surface area contributed by atoms with E-state index >= 15 is 0 Å². The Morgan fingerprint density at radius 3 is 2.33 bits per heavy atom. The van der Waals surface area contributed by atoms with Crippen LogP contribution in [-0.4, -0.2) is 41.3 Å². The van der Waals surface area contributed by atoms with Crippen LogP contribution < -0.4 is 5.73 Å². The van der Waals surface area contributed by atoms with E-state index in [0.717, 1.165) is 6.54 Å². The van der Waals surface area contributed by atoms with Crippen molar-refractivity contribution in [3.8, 4) is 0 Å². The van der Waals surface area contributed by atoms with Crippen molar-refractivity contribution in [2.45, 2.75) is 77.2 Å². The molecule has 2 aliphatic rings. The Labute approximate surface area is 112 Å². The second-order valence-corrected chi connectivity index (χ2v) is 7.28. The normalized spacial score (nSPS) is 40.0. The van der Waals surface area contributed by atoms with Gasteiger partial charge in [0.15, 0.2) is 0 Å². The first kappa shape index (κ1) is 14.3. The lowest BCUT2D eigenvalue weighted by molar-refractivity contribution is -0.0795. The van der Waals surface area contributed by atoms with Crippen molar-refractivity contribution in [1.82, 2.24) is 4.90 Å². The van der Waals surface area contributed by atoms with E-state index in [4.69, 9.17) is 10.5 Å². The third-order valence-corrected chi connectivity index (χ3v) is 5.03. The standard InChI is InChI=1S/C15H30N2O/c1-11-8-6-7-9-17(11)10-12-13(16)15(4,5)18-14(12,2)3/h11-13H,6-10,16H2,1-5H3. The third kappa shape index (κ3) is 2.59. The lowest BCUT2D eigenvalue weighted by Gasteiger charge is -2.38. The van der Waals surface area contributed by atoms with Crippen molar-refractivity contribution in [3.63, 3.8) is 0 Å². The maximum atomic E-state index is 6.44. The number of hydrogen-bond acceptors (Lipinski definition) is 3. The van der Waals surface area contributed by atoms with Gasteiger partial charge in [-0.15, -0.1) is 0 Å². The van der Waals surface area contributed by atoms with E-state index in [9.17, 15) is 0 Å². The van der Waals surface area contributed by atoms with Crippen LogP contribution in [0.1, 0.15) is 53.9 Å². The molecule has 2 fully saturated rings. The van der Waals surface area contributed by atoms with Crippen molar-refractivity contribution in [3.05, 3.63) is 0 Å². The molecule has 2 aliphatic heterocycles. The van der Waals surface area contributed by atoms with Crippen LogP contribution in [0.15, 0.2) is 0 Å². The lowest BCUT2D eigenvalue weighted by atomic mass is 9.82. The van der Waals surface area contributed by atoms with Gasteiger partial charge in [-0.2, -0.15) is 0 Å². The van der Waals surface area contributed by atoms with Gasteiger partial charge in [0.25, 0.3) is 0 Å². The zero-order valence-corrected chi connectivity index (χ0v) is 12.7. The number of rotatable bonds is 2. The fourth-order valence-corrected chi connectivity index (χ4v) is 3.75. The highest BCUT2D eigenvalue weighted by Crippen LogP contribution is 2.42. The first-order valence-corrected chi connectivity index (χ1v) is 7.44. The highest BCUT2D eigenvalue weighted by molar-refractivity contribution is 5.05. The number of ether oxygens (including phenoxy) is 1. The quantitative estimate of drug-likeness (QED) is 0.822. The summed E-state index contributed by atoms with van der Waals surface area (Å²) in [4.78, 5) is 2.61. The van der Waals surface area contributed by atoms with Gasteiger partial charge in [0.05, 0.1) is 11.2 Å². The zero-order chi connectivity index (χ0) is 13.6. The molecule has 0 aromatic heterocycles. The molecule has 0 bridgehead atoms. The molecule has 3 unspecified atom stereocenters. The summed E-state index contributed by atoms with van der Waals surface area (Å²) in [6, 6.07) is 0.826. The van der Waals surface area contributed by atoms with Crippen LogP contribution in [0.4, 0.5) is 0 Å².